The van der Waals surface area contributed by atoms with E-state index in [2.05, 4.69) is 4.90 Å². The van der Waals surface area contributed by atoms with Crippen LogP contribution < -0.4 is 9.47 Å². The quantitative estimate of drug-likeness (QED) is 0.804. The van der Waals surface area contributed by atoms with Gasteiger partial charge in [0.15, 0.2) is 17.3 Å². The van der Waals surface area contributed by atoms with Gasteiger partial charge in [-0.2, -0.15) is 0 Å². The molecule has 2 aromatic rings. The molecule has 3 rings (SSSR count). The topological polar surface area (TPSA) is 59.0 Å². The van der Waals surface area contributed by atoms with Gasteiger partial charge in [-0.05, 0) is 37.6 Å². The molecule has 0 amide bonds. The summed E-state index contributed by atoms with van der Waals surface area (Å²) in [7, 11) is 3.15. The first kappa shape index (κ1) is 18.3. The smallest absolute Gasteiger partial charge is 0.167 e. The van der Waals surface area contributed by atoms with Crippen molar-refractivity contribution in [3.63, 3.8) is 0 Å². The third-order valence-electron chi connectivity index (χ3n) is 4.93. The molecule has 138 valence electrons. The van der Waals surface area contributed by atoms with Gasteiger partial charge < -0.3 is 14.6 Å². The number of rotatable bonds is 6. The molecule has 1 aliphatic heterocycles. The van der Waals surface area contributed by atoms with Crippen LogP contribution in [0.3, 0.4) is 0 Å². The lowest BCUT2D eigenvalue weighted by Gasteiger charge is -2.32. The molecule has 1 N–H and O–H groups in total. The van der Waals surface area contributed by atoms with E-state index in [1.54, 1.807) is 26.4 Å². The van der Waals surface area contributed by atoms with Crippen molar-refractivity contribution in [2.75, 3.05) is 27.3 Å². The van der Waals surface area contributed by atoms with Gasteiger partial charge in [0, 0.05) is 30.1 Å². The Bertz CT molecular complexity index is 774. The molecule has 1 aliphatic rings. The molecule has 1 heterocycles. The van der Waals surface area contributed by atoms with Crippen LogP contribution in [-0.2, 0) is 6.54 Å². The fraction of sp³-hybridized carbons (Fsp3) is 0.381. The predicted molar refractivity (Wildman–Crippen MR) is 100.0 cm³/mol. The third kappa shape index (κ3) is 3.99. The average Bonchev–Trinajstić information content (AvgIpc) is 2.69. The maximum Gasteiger partial charge on any atom is 0.167 e. The number of para-hydroxylation sites is 1. The number of phenols is 1. The second-order valence-electron chi connectivity index (χ2n) is 6.64. The SMILES string of the molecule is COc1cccc(C(=O)[C@H]2CCCN(Cc3cccc(OC)c3O)C2)c1. The number of aromatic hydroxyl groups is 1. The Kier molecular flexibility index (Phi) is 5.78. The number of nitrogens with zero attached hydrogens (tertiary/aromatic N) is 1. The maximum atomic E-state index is 12.9. The highest BCUT2D eigenvalue weighted by molar-refractivity contribution is 5.98. The number of likely N-dealkylation sites (tertiary alicyclic amines) is 1. The van der Waals surface area contributed by atoms with E-state index in [-0.39, 0.29) is 17.5 Å². The number of ketones is 1. The summed E-state index contributed by atoms with van der Waals surface area (Å²) in [6.07, 6.45) is 1.85. The molecular formula is C21H25NO4. The Morgan fingerprint density at radius 3 is 2.77 bits per heavy atom. The normalized spacial score (nSPS) is 17.7. The van der Waals surface area contributed by atoms with Gasteiger partial charge in [0.25, 0.3) is 0 Å². The minimum absolute atomic E-state index is 0.0383. The van der Waals surface area contributed by atoms with Gasteiger partial charge in [-0.25, -0.2) is 0 Å². The number of hydrogen-bond donors (Lipinski definition) is 1. The van der Waals surface area contributed by atoms with Crippen LogP contribution >= 0.6 is 0 Å². The van der Waals surface area contributed by atoms with Gasteiger partial charge in [-0.1, -0.05) is 24.3 Å². The fourth-order valence-electron chi connectivity index (χ4n) is 3.53. The van der Waals surface area contributed by atoms with Crippen molar-refractivity contribution in [1.82, 2.24) is 4.90 Å². The predicted octanol–water partition coefficient (Wildman–Crippen LogP) is 3.50. The van der Waals surface area contributed by atoms with Crippen molar-refractivity contribution < 1.29 is 19.4 Å². The standard InChI is InChI=1S/C21H25NO4/c1-25-18-9-3-6-15(12-18)20(23)16-8-5-11-22(13-16)14-17-7-4-10-19(26-2)21(17)24/h3-4,6-7,9-10,12,16,24H,5,8,11,13-14H2,1-2H3/t16-/m0/s1. The number of piperidine rings is 1. The Morgan fingerprint density at radius 2 is 2.00 bits per heavy atom. The molecule has 0 aliphatic carbocycles. The zero-order chi connectivity index (χ0) is 18.5. The molecular weight excluding hydrogens is 330 g/mol. The number of benzene rings is 2. The van der Waals surface area contributed by atoms with E-state index in [0.29, 0.717) is 30.2 Å². The van der Waals surface area contributed by atoms with Crippen LogP contribution in [-0.4, -0.2) is 43.1 Å². The minimum atomic E-state index is -0.0383. The van der Waals surface area contributed by atoms with Crippen LogP contribution in [0.2, 0.25) is 0 Å². The molecule has 0 unspecified atom stereocenters. The van der Waals surface area contributed by atoms with E-state index in [1.807, 2.05) is 30.3 Å². The van der Waals surface area contributed by atoms with Crippen molar-refractivity contribution in [2.45, 2.75) is 19.4 Å². The summed E-state index contributed by atoms with van der Waals surface area (Å²) in [6, 6.07) is 12.8. The number of Topliss-reactive ketones (excluding diaryl/α,β-unsaturated/α-hetero) is 1. The van der Waals surface area contributed by atoms with E-state index in [1.165, 1.54) is 0 Å². The van der Waals surface area contributed by atoms with Gasteiger partial charge in [0.2, 0.25) is 0 Å². The van der Waals surface area contributed by atoms with Gasteiger partial charge in [0.05, 0.1) is 14.2 Å². The summed E-state index contributed by atoms with van der Waals surface area (Å²) < 4.78 is 10.4. The molecule has 1 atom stereocenters. The van der Waals surface area contributed by atoms with Crippen molar-refractivity contribution >= 4 is 5.78 Å². The molecule has 5 heteroatoms. The van der Waals surface area contributed by atoms with E-state index >= 15 is 0 Å². The highest BCUT2D eigenvalue weighted by Crippen LogP contribution is 2.31. The molecule has 2 aromatic carbocycles. The number of methoxy groups -OCH3 is 2. The highest BCUT2D eigenvalue weighted by atomic mass is 16.5. The van der Waals surface area contributed by atoms with Crippen LogP contribution in [0.5, 0.6) is 17.2 Å². The largest absolute Gasteiger partial charge is 0.504 e. The van der Waals surface area contributed by atoms with Crippen LogP contribution in [0, 0.1) is 5.92 Å². The summed E-state index contributed by atoms with van der Waals surface area (Å²) in [6.45, 7) is 2.20. The van der Waals surface area contributed by atoms with Crippen molar-refractivity contribution in [1.29, 1.82) is 0 Å². The number of hydrogen-bond acceptors (Lipinski definition) is 5. The number of phenolic OH excluding ortho intramolecular Hbond substituents is 1. The van der Waals surface area contributed by atoms with E-state index in [9.17, 15) is 9.90 Å². The summed E-state index contributed by atoms with van der Waals surface area (Å²) >= 11 is 0. The van der Waals surface area contributed by atoms with Crippen LogP contribution in [0.25, 0.3) is 0 Å². The molecule has 5 nitrogen and oxygen atoms in total. The summed E-state index contributed by atoms with van der Waals surface area (Å²) in [4.78, 5) is 15.1. The maximum absolute atomic E-state index is 12.9. The first-order valence-electron chi connectivity index (χ1n) is 8.88. The Hall–Kier alpha value is -2.53. The van der Waals surface area contributed by atoms with E-state index in [0.717, 1.165) is 24.9 Å². The Balaban J connectivity index is 1.70. The minimum Gasteiger partial charge on any atom is -0.504 e. The molecule has 1 fully saturated rings. The third-order valence-corrected chi connectivity index (χ3v) is 4.93. The van der Waals surface area contributed by atoms with Gasteiger partial charge in [-0.3, -0.25) is 9.69 Å². The van der Waals surface area contributed by atoms with E-state index < -0.39 is 0 Å². The monoisotopic (exact) mass is 355 g/mol. The molecule has 26 heavy (non-hydrogen) atoms. The molecule has 1 saturated heterocycles. The second kappa shape index (κ2) is 8.23. The van der Waals surface area contributed by atoms with Gasteiger partial charge in [0.1, 0.15) is 5.75 Å². The van der Waals surface area contributed by atoms with Crippen molar-refractivity contribution in [3.8, 4) is 17.2 Å². The lowest BCUT2D eigenvalue weighted by atomic mass is 9.89. The van der Waals surface area contributed by atoms with Gasteiger partial charge >= 0.3 is 0 Å². The molecule has 0 radical (unpaired) electrons. The van der Waals surface area contributed by atoms with Crippen molar-refractivity contribution in [3.05, 3.63) is 53.6 Å². The molecule has 0 spiro atoms. The zero-order valence-electron chi connectivity index (χ0n) is 15.3. The van der Waals surface area contributed by atoms with Crippen molar-refractivity contribution in [2.24, 2.45) is 5.92 Å². The summed E-state index contributed by atoms with van der Waals surface area (Å²) in [5.74, 6) is 1.47. The fourth-order valence-corrected chi connectivity index (χ4v) is 3.53. The Morgan fingerprint density at radius 1 is 1.19 bits per heavy atom. The summed E-state index contributed by atoms with van der Waals surface area (Å²) in [5, 5.41) is 10.3. The second-order valence-corrected chi connectivity index (χ2v) is 6.64. The van der Waals surface area contributed by atoms with Gasteiger partial charge in [-0.15, -0.1) is 0 Å². The molecule has 0 aromatic heterocycles. The van der Waals surface area contributed by atoms with Crippen LogP contribution in [0.1, 0.15) is 28.8 Å². The molecule has 0 saturated carbocycles. The first-order chi connectivity index (χ1) is 12.6. The number of ether oxygens (including phenoxy) is 2. The van der Waals surface area contributed by atoms with E-state index in [4.69, 9.17) is 9.47 Å². The number of carbonyl (C=O) groups is 1. The average molecular weight is 355 g/mol. The number of carbonyl (C=O) groups excluding carboxylic acids is 1. The Labute approximate surface area is 154 Å². The summed E-state index contributed by atoms with van der Waals surface area (Å²) in [5.41, 5.74) is 1.51. The molecule has 0 bridgehead atoms. The highest BCUT2D eigenvalue weighted by Gasteiger charge is 2.27. The lowest BCUT2D eigenvalue weighted by Crippen LogP contribution is -2.38. The first-order valence-corrected chi connectivity index (χ1v) is 8.88. The van der Waals surface area contributed by atoms with Crippen LogP contribution in [0.15, 0.2) is 42.5 Å². The zero-order valence-corrected chi connectivity index (χ0v) is 15.3. The lowest BCUT2D eigenvalue weighted by molar-refractivity contribution is 0.0810. The van der Waals surface area contributed by atoms with Crippen LogP contribution in [0.4, 0.5) is 0 Å².